The topological polar surface area (TPSA) is 38.3 Å². The third kappa shape index (κ3) is 3.67. The van der Waals surface area contributed by atoms with Gasteiger partial charge in [0.25, 0.3) is 0 Å². The highest BCUT2D eigenvalue weighted by atomic mass is 79.9. The SMILES string of the molecule is CNC(Oc1cc(F)c(Br)cc1C(C)=O)[C@@H](C)Cl. The maximum Gasteiger partial charge on any atom is 0.166 e. The zero-order chi connectivity index (χ0) is 13.9. The van der Waals surface area contributed by atoms with Crippen molar-refractivity contribution < 1.29 is 13.9 Å². The second-order valence-electron chi connectivity index (χ2n) is 3.82. The van der Waals surface area contributed by atoms with Crippen molar-refractivity contribution in [1.82, 2.24) is 5.32 Å². The first-order valence-electron chi connectivity index (χ1n) is 5.34. The van der Waals surface area contributed by atoms with Gasteiger partial charge < -0.3 is 4.74 Å². The molecule has 1 N–H and O–H groups in total. The lowest BCUT2D eigenvalue weighted by molar-refractivity contribution is 0.100. The van der Waals surface area contributed by atoms with Gasteiger partial charge in [-0.05, 0) is 42.9 Å². The van der Waals surface area contributed by atoms with Crippen molar-refractivity contribution in [2.24, 2.45) is 0 Å². The summed E-state index contributed by atoms with van der Waals surface area (Å²) >= 11 is 8.96. The van der Waals surface area contributed by atoms with Crippen LogP contribution in [-0.2, 0) is 0 Å². The number of hydrogen-bond acceptors (Lipinski definition) is 3. The predicted molar refractivity (Wildman–Crippen MR) is 72.9 cm³/mol. The Hall–Kier alpha value is -0.650. The molecule has 0 saturated carbocycles. The van der Waals surface area contributed by atoms with E-state index in [-0.39, 0.29) is 21.4 Å². The molecule has 0 aromatic heterocycles. The van der Waals surface area contributed by atoms with Gasteiger partial charge in [-0.2, -0.15) is 0 Å². The van der Waals surface area contributed by atoms with Gasteiger partial charge in [0.1, 0.15) is 11.6 Å². The minimum absolute atomic E-state index is 0.176. The number of benzene rings is 1. The van der Waals surface area contributed by atoms with E-state index in [0.717, 1.165) is 0 Å². The Morgan fingerprint density at radius 3 is 2.61 bits per heavy atom. The summed E-state index contributed by atoms with van der Waals surface area (Å²) in [7, 11) is 1.67. The van der Waals surface area contributed by atoms with Crippen molar-refractivity contribution in [3.05, 3.63) is 28.0 Å². The van der Waals surface area contributed by atoms with Gasteiger partial charge in [0.15, 0.2) is 12.0 Å². The molecule has 0 amide bonds. The van der Waals surface area contributed by atoms with Crippen LogP contribution in [0.25, 0.3) is 0 Å². The Kier molecular flexibility index (Phi) is 5.56. The third-order valence-corrected chi connectivity index (χ3v) is 3.19. The Morgan fingerprint density at radius 2 is 2.17 bits per heavy atom. The molecule has 0 aliphatic heterocycles. The second-order valence-corrected chi connectivity index (χ2v) is 5.37. The summed E-state index contributed by atoms with van der Waals surface area (Å²) in [5.41, 5.74) is 0.306. The van der Waals surface area contributed by atoms with Crippen molar-refractivity contribution in [1.29, 1.82) is 0 Å². The van der Waals surface area contributed by atoms with Gasteiger partial charge in [0.2, 0.25) is 0 Å². The lowest BCUT2D eigenvalue weighted by Gasteiger charge is -2.22. The predicted octanol–water partition coefficient (Wildman–Crippen LogP) is 3.34. The van der Waals surface area contributed by atoms with Gasteiger partial charge in [-0.1, -0.05) is 0 Å². The van der Waals surface area contributed by atoms with Crippen LogP contribution in [0.4, 0.5) is 4.39 Å². The maximum atomic E-state index is 13.5. The van der Waals surface area contributed by atoms with Crippen molar-refractivity contribution in [2.75, 3.05) is 7.05 Å². The van der Waals surface area contributed by atoms with Crippen molar-refractivity contribution in [3.8, 4) is 5.75 Å². The second kappa shape index (κ2) is 6.50. The van der Waals surface area contributed by atoms with Crippen LogP contribution in [0, 0.1) is 5.82 Å². The lowest BCUT2D eigenvalue weighted by Crippen LogP contribution is -2.38. The van der Waals surface area contributed by atoms with Crippen LogP contribution in [0.1, 0.15) is 24.2 Å². The number of alkyl halides is 1. The molecule has 100 valence electrons. The van der Waals surface area contributed by atoms with E-state index in [0.29, 0.717) is 5.56 Å². The number of carbonyl (C=O) groups excluding carboxylic acids is 1. The minimum atomic E-state index is -0.509. The lowest BCUT2D eigenvalue weighted by atomic mass is 10.1. The van der Waals surface area contributed by atoms with E-state index >= 15 is 0 Å². The smallest absolute Gasteiger partial charge is 0.166 e. The summed E-state index contributed by atoms with van der Waals surface area (Å²) in [6.45, 7) is 3.14. The summed E-state index contributed by atoms with van der Waals surface area (Å²) in [5.74, 6) is -0.523. The van der Waals surface area contributed by atoms with E-state index in [4.69, 9.17) is 16.3 Å². The molecule has 18 heavy (non-hydrogen) atoms. The van der Waals surface area contributed by atoms with Crippen molar-refractivity contribution in [3.63, 3.8) is 0 Å². The first kappa shape index (κ1) is 15.4. The zero-order valence-corrected chi connectivity index (χ0v) is 12.6. The molecule has 1 aromatic carbocycles. The normalized spacial score (nSPS) is 14.1. The fraction of sp³-hybridized carbons (Fsp3) is 0.417. The third-order valence-electron chi connectivity index (χ3n) is 2.36. The first-order valence-corrected chi connectivity index (χ1v) is 6.57. The van der Waals surface area contributed by atoms with Crippen LogP contribution >= 0.6 is 27.5 Å². The van der Waals surface area contributed by atoms with Crippen LogP contribution in [0.3, 0.4) is 0 Å². The van der Waals surface area contributed by atoms with Crippen LogP contribution in [-0.4, -0.2) is 24.4 Å². The Labute approximate surface area is 119 Å². The molecule has 0 radical (unpaired) electrons. The van der Waals surface area contributed by atoms with Gasteiger partial charge in [-0.3, -0.25) is 10.1 Å². The molecule has 2 atom stereocenters. The average Bonchev–Trinajstić information content (AvgIpc) is 2.29. The van der Waals surface area contributed by atoms with Gasteiger partial charge in [-0.25, -0.2) is 4.39 Å². The number of rotatable bonds is 5. The number of ether oxygens (including phenoxy) is 1. The molecule has 1 aromatic rings. The molecule has 0 heterocycles. The van der Waals surface area contributed by atoms with Crippen LogP contribution in [0.15, 0.2) is 16.6 Å². The summed E-state index contributed by atoms with van der Waals surface area (Å²) < 4.78 is 19.2. The highest BCUT2D eigenvalue weighted by Crippen LogP contribution is 2.28. The number of hydrogen-bond donors (Lipinski definition) is 1. The van der Waals surface area contributed by atoms with Crippen LogP contribution in [0.5, 0.6) is 5.75 Å². The van der Waals surface area contributed by atoms with Gasteiger partial charge in [0.05, 0.1) is 15.4 Å². The summed E-state index contributed by atoms with van der Waals surface area (Å²) in [5, 5.41) is 2.52. The van der Waals surface area contributed by atoms with Gasteiger partial charge in [0, 0.05) is 6.07 Å². The molecule has 0 spiro atoms. The standard InChI is InChI=1S/C12H14BrClFNO2/c1-6(14)12(16-3)18-11-5-10(15)9(13)4-8(11)7(2)17/h4-6,12,16H,1-3H3/t6-,12?/m1/s1. The van der Waals surface area contributed by atoms with E-state index in [1.54, 1.807) is 14.0 Å². The molecule has 1 rings (SSSR count). The maximum absolute atomic E-state index is 13.5. The Morgan fingerprint density at radius 1 is 1.56 bits per heavy atom. The van der Waals surface area contributed by atoms with Crippen LogP contribution < -0.4 is 10.1 Å². The Balaban J connectivity index is 3.14. The van der Waals surface area contributed by atoms with E-state index in [9.17, 15) is 9.18 Å². The summed E-state index contributed by atoms with van der Waals surface area (Å²) in [6, 6.07) is 2.57. The first-order chi connectivity index (χ1) is 8.36. The Bertz CT molecular complexity index is 454. The van der Waals surface area contributed by atoms with Gasteiger partial charge in [-0.15, -0.1) is 11.6 Å². The quantitative estimate of drug-likeness (QED) is 0.508. The molecule has 0 aliphatic carbocycles. The largest absolute Gasteiger partial charge is 0.473 e. The number of halogens is 3. The van der Waals surface area contributed by atoms with E-state index in [2.05, 4.69) is 21.2 Å². The number of Topliss-reactive ketones (excluding diaryl/α,β-unsaturated/α-hetero) is 1. The highest BCUT2D eigenvalue weighted by molar-refractivity contribution is 9.10. The summed E-state index contributed by atoms with van der Waals surface area (Å²) in [6.07, 6.45) is -0.509. The van der Waals surface area contributed by atoms with Crippen molar-refractivity contribution >= 4 is 33.3 Å². The average molecular weight is 339 g/mol. The number of nitrogens with one attached hydrogen (secondary N) is 1. The molecule has 0 aliphatic rings. The molecule has 3 nitrogen and oxygen atoms in total. The molecule has 1 unspecified atom stereocenters. The molecule has 6 heteroatoms. The number of carbonyl (C=O) groups is 1. The van der Waals surface area contributed by atoms with Gasteiger partial charge >= 0.3 is 0 Å². The molecule has 0 fully saturated rings. The highest BCUT2D eigenvalue weighted by Gasteiger charge is 2.19. The minimum Gasteiger partial charge on any atom is -0.473 e. The fourth-order valence-electron chi connectivity index (χ4n) is 1.42. The van der Waals surface area contributed by atoms with Crippen LogP contribution in [0.2, 0.25) is 0 Å². The van der Waals surface area contributed by atoms with E-state index in [1.165, 1.54) is 19.1 Å². The molecular formula is C12H14BrClFNO2. The monoisotopic (exact) mass is 337 g/mol. The fourth-order valence-corrected chi connectivity index (χ4v) is 1.94. The molecule has 0 bridgehead atoms. The van der Waals surface area contributed by atoms with Crippen molar-refractivity contribution in [2.45, 2.75) is 25.5 Å². The van der Waals surface area contributed by atoms with E-state index in [1.807, 2.05) is 0 Å². The zero-order valence-electron chi connectivity index (χ0n) is 10.3. The molecular weight excluding hydrogens is 324 g/mol. The number of ketones is 1. The van der Waals surface area contributed by atoms with E-state index < -0.39 is 12.0 Å². The summed E-state index contributed by atoms with van der Waals surface area (Å²) in [4.78, 5) is 11.5. The molecule has 0 saturated heterocycles.